The van der Waals surface area contributed by atoms with Crippen LogP contribution in [0.2, 0.25) is 0 Å². The maximum Gasteiger partial charge on any atom is 0.234 e. The van der Waals surface area contributed by atoms with E-state index >= 15 is 4.39 Å². The largest absolute Gasteiger partial charge is 0.507 e. The molecule has 1 saturated carbocycles. The highest BCUT2D eigenvalue weighted by Gasteiger charge is 2.32. The highest BCUT2D eigenvalue weighted by atomic mass is 19.1. The van der Waals surface area contributed by atoms with Gasteiger partial charge in [0.25, 0.3) is 0 Å². The van der Waals surface area contributed by atoms with E-state index in [0.717, 1.165) is 73.9 Å². The zero-order valence-corrected chi connectivity index (χ0v) is 27.4. The number of para-hydroxylation sites is 1. The second-order valence-electron chi connectivity index (χ2n) is 13.9. The molecule has 4 heterocycles. The summed E-state index contributed by atoms with van der Waals surface area (Å²) in [6.07, 6.45) is 9.06. The van der Waals surface area contributed by atoms with Gasteiger partial charge < -0.3 is 14.6 Å². The Hall–Kier alpha value is -4.89. The number of amides is 2. The van der Waals surface area contributed by atoms with E-state index < -0.39 is 5.92 Å². The molecule has 250 valence electrons. The number of phenolic OH excluding ortho intramolecular Hbond substituents is 1. The molecule has 8 nitrogen and oxygen atoms in total. The highest BCUT2D eigenvalue weighted by Crippen LogP contribution is 2.39. The average Bonchev–Trinajstić information content (AvgIpc) is 3.56. The minimum atomic E-state index is -0.460. The third kappa shape index (κ3) is 6.23. The number of rotatable bonds is 6. The van der Waals surface area contributed by atoms with Gasteiger partial charge in [-0.1, -0.05) is 36.4 Å². The summed E-state index contributed by atoms with van der Waals surface area (Å²) in [6, 6.07) is 25.8. The standard InChI is InChI=1S/C40H40FN5O3/c41-34-23-28(32-15-16-39(48)42-40(32)49)9-14-31(34)27-7-10-29(11-8-27)45-20-17-26(18-21-45)25-5-12-30(13-6-25)46-22-19-35-37(46)24-36(44-43-35)33-3-1-2-4-38(33)47/h1-6,9,12-14,19,22-24,26-27,29,32,47H,7-8,10-11,15-18,20-21H2,(H,42,48,49). The number of phenols is 1. The third-order valence-electron chi connectivity index (χ3n) is 11.1. The lowest BCUT2D eigenvalue weighted by atomic mass is 9.79. The van der Waals surface area contributed by atoms with E-state index in [4.69, 9.17) is 0 Å². The summed E-state index contributed by atoms with van der Waals surface area (Å²) in [5.41, 5.74) is 6.88. The van der Waals surface area contributed by atoms with E-state index in [2.05, 4.69) is 49.2 Å². The molecule has 1 atom stereocenters. The number of aromatic hydroxyl groups is 1. The number of hydrogen-bond donors (Lipinski definition) is 2. The molecule has 3 aromatic carbocycles. The van der Waals surface area contributed by atoms with Crippen molar-refractivity contribution in [2.75, 3.05) is 13.1 Å². The van der Waals surface area contributed by atoms with Crippen molar-refractivity contribution in [1.29, 1.82) is 0 Å². The first kappa shape index (κ1) is 31.4. The molecule has 3 aliphatic rings. The van der Waals surface area contributed by atoms with E-state index in [0.29, 0.717) is 41.6 Å². The van der Waals surface area contributed by atoms with Crippen LogP contribution in [0, 0.1) is 5.82 Å². The monoisotopic (exact) mass is 657 g/mol. The summed E-state index contributed by atoms with van der Waals surface area (Å²) in [4.78, 5) is 26.4. The van der Waals surface area contributed by atoms with Crippen LogP contribution in [-0.4, -0.2) is 55.7 Å². The van der Waals surface area contributed by atoms with Crippen molar-refractivity contribution in [1.82, 2.24) is 25.0 Å². The molecule has 0 bridgehead atoms. The first-order valence-corrected chi connectivity index (χ1v) is 17.5. The number of halogens is 1. The Bertz CT molecular complexity index is 2010. The van der Waals surface area contributed by atoms with Crippen LogP contribution in [0.3, 0.4) is 0 Å². The van der Waals surface area contributed by atoms with Gasteiger partial charge in [-0.15, -0.1) is 10.2 Å². The molecule has 0 spiro atoms. The van der Waals surface area contributed by atoms with E-state index in [1.54, 1.807) is 12.1 Å². The van der Waals surface area contributed by atoms with Crippen LogP contribution in [0.1, 0.15) is 85.8 Å². The van der Waals surface area contributed by atoms with Gasteiger partial charge in [0.1, 0.15) is 17.1 Å². The van der Waals surface area contributed by atoms with E-state index in [1.165, 1.54) is 11.6 Å². The van der Waals surface area contributed by atoms with Crippen molar-refractivity contribution in [2.24, 2.45) is 0 Å². The molecule has 2 saturated heterocycles. The fourth-order valence-electron chi connectivity index (χ4n) is 8.34. The van der Waals surface area contributed by atoms with Crippen molar-refractivity contribution >= 4 is 22.8 Å². The minimum absolute atomic E-state index is 0.184. The van der Waals surface area contributed by atoms with Gasteiger partial charge in [-0.25, -0.2) is 4.39 Å². The quantitative estimate of drug-likeness (QED) is 0.185. The van der Waals surface area contributed by atoms with Gasteiger partial charge in [-0.2, -0.15) is 0 Å². The number of nitrogens with one attached hydrogen (secondary N) is 1. The number of imide groups is 1. The van der Waals surface area contributed by atoms with E-state index in [-0.39, 0.29) is 29.3 Å². The zero-order chi connectivity index (χ0) is 33.5. The summed E-state index contributed by atoms with van der Waals surface area (Å²) in [5.74, 6) is -0.361. The van der Waals surface area contributed by atoms with Crippen LogP contribution in [0.4, 0.5) is 4.39 Å². The lowest BCUT2D eigenvalue weighted by Gasteiger charge is -2.41. The molecule has 5 aromatic rings. The van der Waals surface area contributed by atoms with E-state index in [9.17, 15) is 14.7 Å². The van der Waals surface area contributed by atoms with Crippen molar-refractivity contribution in [3.63, 3.8) is 0 Å². The van der Waals surface area contributed by atoms with Crippen LogP contribution in [0.5, 0.6) is 5.75 Å². The molecule has 3 fully saturated rings. The molecule has 1 aliphatic carbocycles. The normalized spacial score (nSPS) is 22.3. The number of carbonyl (C=O) groups excluding carboxylic acids is 2. The average molecular weight is 658 g/mol. The van der Waals surface area contributed by atoms with Crippen molar-refractivity contribution < 1.29 is 19.1 Å². The predicted molar refractivity (Wildman–Crippen MR) is 186 cm³/mol. The zero-order valence-electron chi connectivity index (χ0n) is 27.4. The lowest BCUT2D eigenvalue weighted by molar-refractivity contribution is -0.134. The molecule has 49 heavy (non-hydrogen) atoms. The SMILES string of the molecule is O=C1CCC(c2ccc(C3CCC(N4CCC(c5ccc(-n6ccc7nnc(-c8ccccc8O)cc76)cc5)CC4)CC3)c(F)c2)C(=O)N1. The molecule has 2 N–H and O–H groups in total. The maximum absolute atomic E-state index is 15.3. The first-order chi connectivity index (χ1) is 23.9. The van der Waals surface area contributed by atoms with E-state index in [1.807, 2.05) is 42.6 Å². The molecule has 8 rings (SSSR count). The Labute approximate surface area is 285 Å². The summed E-state index contributed by atoms with van der Waals surface area (Å²) >= 11 is 0. The highest BCUT2D eigenvalue weighted by molar-refractivity contribution is 6.00. The number of benzene rings is 3. The predicted octanol–water partition coefficient (Wildman–Crippen LogP) is 7.36. The Morgan fingerprint density at radius 1 is 0.776 bits per heavy atom. The van der Waals surface area contributed by atoms with Crippen LogP contribution in [0.15, 0.2) is 85.1 Å². The number of piperidine rings is 2. The molecule has 2 aliphatic heterocycles. The smallest absolute Gasteiger partial charge is 0.234 e. The number of aromatic nitrogens is 3. The van der Waals surface area contributed by atoms with Crippen LogP contribution in [-0.2, 0) is 9.59 Å². The minimum Gasteiger partial charge on any atom is -0.507 e. The van der Waals surface area contributed by atoms with Crippen LogP contribution >= 0.6 is 0 Å². The van der Waals surface area contributed by atoms with Gasteiger partial charge in [0.2, 0.25) is 11.8 Å². The number of likely N-dealkylation sites (tertiary alicyclic amines) is 1. The molecular formula is C40H40FN5O3. The van der Waals surface area contributed by atoms with Crippen molar-refractivity contribution in [3.05, 3.63) is 108 Å². The number of nitrogens with zero attached hydrogens (tertiary/aromatic N) is 4. The molecule has 9 heteroatoms. The second kappa shape index (κ2) is 13.2. The summed E-state index contributed by atoms with van der Waals surface area (Å²) in [5, 5.41) is 21.5. The number of carbonyl (C=O) groups is 2. The van der Waals surface area contributed by atoms with Crippen molar-refractivity contribution in [3.8, 4) is 22.7 Å². The summed E-state index contributed by atoms with van der Waals surface area (Å²) < 4.78 is 17.4. The van der Waals surface area contributed by atoms with Gasteiger partial charge in [0.15, 0.2) is 0 Å². The van der Waals surface area contributed by atoms with Crippen LogP contribution < -0.4 is 5.32 Å². The topological polar surface area (TPSA) is 100 Å². The second-order valence-corrected chi connectivity index (χ2v) is 13.9. The number of hydrogen-bond acceptors (Lipinski definition) is 6. The summed E-state index contributed by atoms with van der Waals surface area (Å²) in [7, 11) is 0. The lowest BCUT2D eigenvalue weighted by Crippen LogP contribution is -2.42. The first-order valence-electron chi connectivity index (χ1n) is 17.5. The van der Waals surface area contributed by atoms with Gasteiger partial charge in [-0.05, 0) is 129 Å². The Balaban J connectivity index is 0.865. The van der Waals surface area contributed by atoms with Gasteiger partial charge in [-0.3, -0.25) is 14.9 Å². The fourth-order valence-corrected chi connectivity index (χ4v) is 8.34. The molecule has 2 aromatic heterocycles. The summed E-state index contributed by atoms with van der Waals surface area (Å²) in [6.45, 7) is 2.15. The molecule has 0 radical (unpaired) electrons. The molecule has 1 unspecified atom stereocenters. The molecule has 2 amide bonds. The maximum atomic E-state index is 15.3. The van der Waals surface area contributed by atoms with Crippen LogP contribution in [0.25, 0.3) is 28.0 Å². The fraction of sp³-hybridized carbons (Fsp3) is 0.350. The Kier molecular flexibility index (Phi) is 8.45. The van der Waals surface area contributed by atoms with Crippen molar-refractivity contribution in [2.45, 2.75) is 75.2 Å². The Morgan fingerprint density at radius 3 is 2.27 bits per heavy atom. The third-order valence-corrected chi connectivity index (χ3v) is 11.1. The number of fused-ring (bicyclic) bond motifs is 1. The van der Waals surface area contributed by atoms with Gasteiger partial charge >= 0.3 is 0 Å². The Morgan fingerprint density at radius 2 is 1.53 bits per heavy atom. The van der Waals surface area contributed by atoms with Gasteiger partial charge in [0.05, 0.1) is 17.1 Å². The van der Waals surface area contributed by atoms with Gasteiger partial charge in [0, 0.05) is 29.9 Å². The molecular weight excluding hydrogens is 617 g/mol.